The van der Waals surface area contributed by atoms with Crippen LogP contribution in [0.25, 0.3) is 0 Å². The minimum Gasteiger partial charge on any atom is -0.489 e. The molecule has 1 N–H and O–H groups in total. The zero-order valence-electron chi connectivity index (χ0n) is 12.7. The van der Waals surface area contributed by atoms with E-state index in [0.717, 1.165) is 18.0 Å². The van der Waals surface area contributed by atoms with E-state index >= 15 is 0 Å². The van der Waals surface area contributed by atoms with Crippen molar-refractivity contribution >= 4 is 11.8 Å². The molecule has 0 aliphatic heterocycles. The molecular weight excluding hydrogens is 278 g/mol. The third-order valence-electron chi connectivity index (χ3n) is 3.24. The molecule has 21 heavy (non-hydrogen) atoms. The first-order chi connectivity index (χ1) is 10.3. The van der Waals surface area contributed by atoms with Gasteiger partial charge in [0.15, 0.2) is 0 Å². The van der Waals surface area contributed by atoms with E-state index in [0.29, 0.717) is 12.6 Å². The van der Waals surface area contributed by atoms with Gasteiger partial charge in [-0.25, -0.2) is 0 Å². The number of thioether (sulfide) groups is 1. The summed E-state index contributed by atoms with van der Waals surface area (Å²) in [5.74, 6) is 2.05. The van der Waals surface area contributed by atoms with Gasteiger partial charge in [0.05, 0.1) is 0 Å². The second-order valence-corrected chi connectivity index (χ2v) is 6.07. The van der Waals surface area contributed by atoms with Crippen LogP contribution in [-0.2, 0) is 13.2 Å². The summed E-state index contributed by atoms with van der Waals surface area (Å²) in [6, 6.07) is 19.1. The van der Waals surface area contributed by atoms with E-state index in [1.54, 1.807) is 0 Å². The number of benzene rings is 2. The number of hydrogen-bond donors (Lipinski definition) is 1. The minimum absolute atomic E-state index is 0.536. The van der Waals surface area contributed by atoms with Gasteiger partial charge in [-0.2, -0.15) is 11.8 Å². The standard InChI is InChI=1S/C18H23NOS/c1-15(14-21-2)19-12-16-8-10-18(11-9-16)20-13-17-6-4-3-5-7-17/h3-11,15,19H,12-14H2,1-2H3. The molecule has 0 radical (unpaired) electrons. The molecule has 0 aliphatic carbocycles. The van der Waals surface area contributed by atoms with E-state index in [1.807, 2.05) is 42.1 Å². The van der Waals surface area contributed by atoms with Gasteiger partial charge in [-0.3, -0.25) is 0 Å². The molecule has 0 fully saturated rings. The first-order valence-electron chi connectivity index (χ1n) is 7.26. The summed E-state index contributed by atoms with van der Waals surface area (Å²) in [5, 5.41) is 3.52. The molecule has 0 aliphatic rings. The van der Waals surface area contributed by atoms with Crippen molar-refractivity contribution in [2.75, 3.05) is 12.0 Å². The zero-order chi connectivity index (χ0) is 14.9. The van der Waals surface area contributed by atoms with Gasteiger partial charge in [-0.1, -0.05) is 42.5 Å². The minimum atomic E-state index is 0.536. The summed E-state index contributed by atoms with van der Waals surface area (Å²) < 4.78 is 5.79. The van der Waals surface area contributed by atoms with E-state index in [4.69, 9.17) is 4.74 Å². The van der Waals surface area contributed by atoms with Gasteiger partial charge in [0.2, 0.25) is 0 Å². The maximum Gasteiger partial charge on any atom is 0.119 e. The molecule has 0 bridgehead atoms. The van der Waals surface area contributed by atoms with Gasteiger partial charge in [0.25, 0.3) is 0 Å². The molecule has 3 heteroatoms. The summed E-state index contributed by atoms with van der Waals surface area (Å²) in [5.41, 5.74) is 2.48. The predicted molar refractivity (Wildman–Crippen MR) is 91.9 cm³/mol. The van der Waals surface area contributed by atoms with Crippen molar-refractivity contribution in [1.82, 2.24) is 5.32 Å². The van der Waals surface area contributed by atoms with Crippen LogP contribution >= 0.6 is 11.8 Å². The van der Waals surface area contributed by atoms with Crippen LogP contribution in [-0.4, -0.2) is 18.1 Å². The van der Waals surface area contributed by atoms with Gasteiger partial charge >= 0.3 is 0 Å². The smallest absolute Gasteiger partial charge is 0.119 e. The monoisotopic (exact) mass is 301 g/mol. The average molecular weight is 301 g/mol. The number of hydrogen-bond acceptors (Lipinski definition) is 3. The highest BCUT2D eigenvalue weighted by Crippen LogP contribution is 2.14. The first kappa shape index (κ1) is 15.9. The molecule has 0 saturated carbocycles. The molecule has 0 aromatic heterocycles. The van der Waals surface area contributed by atoms with Crippen molar-refractivity contribution in [3.8, 4) is 5.75 Å². The van der Waals surface area contributed by atoms with Gasteiger partial charge in [0, 0.05) is 18.3 Å². The molecular formula is C18H23NOS. The average Bonchev–Trinajstić information content (AvgIpc) is 2.53. The van der Waals surface area contributed by atoms with Gasteiger partial charge in [0.1, 0.15) is 12.4 Å². The first-order valence-corrected chi connectivity index (χ1v) is 8.65. The number of ether oxygens (including phenoxy) is 1. The fourth-order valence-electron chi connectivity index (χ4n) is 2.05. The predicted octanol–water partition coefficient (Wildman–Crippen LogP) is 4.11. The Morgan fingerprint density at radius 3 is 2.38 bits per heavy atom. The Hall–Kier alpha value is -1.45. The molecule has 1 unspecified atom stereocenters. The fourth-order valence-corrected chi connectivity index (χ4v) is 2.66. The molecule has 1 atom stereocenters. The molecule has 112 valence electrons. The second kappa shape index (κ2) is 8.75. The summed E-state index contributed by atoms with van der Waals surface area (Å²) in [6.45, 7) is 3.73. The van der Waals surface area contributed by atoms with Gasteiger partial charge < -0.3 is 10.1 Å². The van der Waals surface area contributed by atoms with Crippen molar-refractivity contribution < 1.29 is 4.74 Å². The van der Waals surface area contributed by atoms with E-state index in [2.05, 4.69) is 42.8 Å². The second-order valence-electron chi connectivity index (χ2n) is 5.16. The third-order valence-corrected chi connectivity index (χ3v) is 4.08. The lowest BCUT2D eigenvalue weighted by atomic mass is 10.2. The van der Waals surface area contributed by atoms with Crippen LogP contribution in [0.1, 0.15) is 18.1 Å². The van der Waals surface area contributed by atoms with Gasteiger partial charge in [-0.05, 0) is 36.4 Å². The molecule has 2 rings (SSSR count). The number of nitrogens with one attached hydrogen (secondary N) is 1. The molecule has 0 saturated heterocycles. The largest absolute Gasteiger partial charge is 0.489 e. The van der Waals surface area contributed by atoms with Crippen LogP contribution in [0.2, 0.25) is 0 Å². The Balaban J connectivity index is 1.79. The fraction of sp³-hybridized carbons (Fsp3) is 0.333. The lowest BCUT2D eigenvalue weighted by Gasteiger charge is -2.12. The van der Waals surface area contributed by atoms with E-state index < -0.39 is 0 Å². The molecule has 0 heterocycles. The van der Waals surface area contributed by atoms with E-state index in [-0.39, 0.29) is 0 Å². The van der Waals surface area contributed by atoms with Gasteiger partial charge in [-0.15, -0.1) is 0 Å². The van der Waals surface area contributed by atoms with Crippen molar-refractivity contribution in [1.29, 1.82) is 0 Å². The van der Waals surface area contributed by atoms with Crippen LogP contribution in [0.15, 0.2) is 54.6 Å². The summed E-state index contributed by atoms with van der Waals surface area (Å²) in [7, 11) is 0. The maximum absolute atomic E-state index is 5.79. The topological polar surface area (TPSA) is 21.3 Å². The molecule has 0 spiro atoms. The molecule has 2 nitrogen and oxygen atoms in total. The van der Waals surface area contributed by atoms with Crippen LogP contribution in [0.4, 0.5) is 0 Å². The Morgan fingerprint density at radius 2 is 1.71 bits per heavy atom. The SMILES string of the molecule is CSCC(C)NCc1ccc(OCc2ccccc2)cc1. The van der Waals surface area contributed by atoms with Crippen molar-refractivity contribution in [2.24, 2.45) is 0 Å². The molecule has 0 amide bonds. The van der Waals surface area contributed by atoms with Crippen LogP contribution in [0, 0.1) is 0 Å². The number of rotatable bonds is 8. The molecule has 2 aromatic carbocycles. The van der Waals surface area contributed by atoms with Crippen molar-refractivity contribution in [3.05, 3.63) is 65.7 Å². The molecule has 2 aromatic rings. The Bertz CT molecular complexity index is 513. The zero-order valence-corrected chi connectivity index (χ0v) is 13.5. The van der Waals surface area contributed by atoms with E-state index in [1.165, 1.54) is 11.1 Å². The maximum atomic E-state index is 5.79. The van der Waals surface area contributed by atoms with Crippen LogP contribution in [0.5, 0.6) is 5.75 Å². The normalized spacial score (nSPS) is 12.1. The highest BCUT2D eigenvalue weighted by Gasteiger charge is 2.01. The van der Waals surface area contributed by atoms with Crippen LogP contribution < -0.4 is 10.1 Å². The summed E-state index contributed by atoms with van der Waals surface area (Å²) in [6.07, 6.45) is 2.14. The Kier molecular flexibility index (Phi) is 6.64. The highest BCUT2D eigenvalue weighted by atomic mass is 32.2. The highest BCUT2D eigenvalue weighted by molar-refractivity contribution is 7.98. The van der Waals surface area contributed by atoms with Crippen LogP contribution in [0.3, 0.4) is 0 Å². The summed E-state index contributed by atoms with van der Waals surface area (Å²) >= 11 is 1.87. The third kappa shape index (κ3) is 5.82. The quantitative estimate of drug-likeness (QED) is 0.793. The lowest BCUT2D eigenvalue weighted by molar-refractivity contribution is 0.306. The Labute approximate surface area is 131 Å². The Morgan fingerprint density at radius 1 is 1.00 bits per heavy atom. The lowest BCUT2D eigenvalue weighted by Crippen LogP contribution is -2.27. The van der Waals surface area contributed by atoms with Crippen molar-refractivity contribution in [2.45, 2.75) is 26.1 Å². The van der Waals surface area contributed by atoms with Crippen molar-refractivity contribution in [3.63, 3.8) is 0 Å². The van der Waals surface area contributed by atoms with E-state index in [9.17, 15) is 0 Å². The summed E-state index contributed by atoms with van der Waals surface area (Å²) in [4.78, 5) is 0.